The minimum absolute atomic E-state index is 0.257. The van der Waals surface area contributed by atoms with Crippen LogP contribution in [0.4, 0.5) is 5.69 Å². The number of aryl methyl sites for hydroxylation is 1. The summed E-state index contributed by atoms with van der Waals surface area (Å²) in [5, 5.41) is 14.3. The van der Waals surface area contributed by atoms with E-state index < -0.39 is 11.9 Å². The standard InChI is InChI=1S/C16H17ClN2O4/c1-9-6-11(17)7-12(16(23)18-8-10-2-3-10)15(9)19-13(20)4-5-14(21)22/h4-7,10H,2-3,8H2,1H3,(H,18,23)(H,19,20)(H,21,22)/b5-4+. The second-order valence-electron chi connectivity index (χ2n) is 5.46. The zero-order valence-electron chi connectivity index (χ0n) is 12.6. The minimum Gasteiger partial charge on any atom is -0.478 e. The summed E-state index contributed by atoms with van der Waals surface area (Å²) in [6.45, 7) is 2.30. The van der Waals surface area contributed by atoms with Crippen LogP contribution in [0.2, 0.25) is 5.02 Å². The molecular formula is C16H17ClN2O4. The number of carboxylic acid groups (broad SMARTS) is 1. The Hall–Kier alpha value is -2.34. The van der Waals surface area contributed by atoms with E-state index in [1.165, 1.54) is 6.07 Å². The smallest absolute Gasteiger partial charge is 0.328 e. The Balaban J connectivity index is 2.20. The van der Waals surface area contributed by atoms with Crippen LogP contribution in [0, 0.1) is 12.8 Å². The van der Waals surface area contributed by atoms with Gasteiger partial charge in [-0.1, -0.05) is 11.6 Å². The second kappa shape index (κ2) is 7.28. The van der Waals surface area contributed by atoms with Crippen molar-refractivity contribution in [3.05, 3.63) is 40.4 Å². The van der Waals surface area contributed by atoms with E-state index >= 15 is 0 Å². The van der Waals surface area contributed by atoms with Gasteiger partial charge in [-0.3, -0.25) is 9.59 Å². The summed E-state index contributed by atoms with van der Waals surface area (Å²) >= 11 is 6.00. The molecule has 7 heteroatoms. The molecule has 0 radical (unpaired) electrons. The van der Waals surface area contributed by atoms with Crippen molar-refractivity contribution in [1.29, 1.82) is 0 Å². The van der Waals surface area contributed by atoms with Crippen molar-refractivity contribution in [3.8, 4) is 0 Å². The average molecular weight is 337 g/mol. The van der Waals surface area contributed by atoms with Gasteiger partial charge in [-0.05, 0) is 43.4 Å². The Morgan fingerprint density at radius 1 is 1.30 bits per heavy atom. The molecule has 0 unspecified atom stereocenters. The maximum atomic E-state index is 12.3. The summed E-state index contributed by atoms with van der Waals surface area (Å²) in [5.74, 6) is -1.65. The molecule has 2 amide bonds. The Bertz CT molecular complexity index is 681. The van der Waals surface area contributed by atoms with E-state index in [0.29, 0.717) is 28.7 Å². The molecule has 0 bridgehead atoms. The van der Waals surface area contributed by atoms with E-state index in [1.807, 2.05) is 0 Å². The number of carboxylic acids is 1. The molecule has 0 spiro atoms. The zero-order chi connectivity index (χ0) is 17.0. The minimum atomic E-state index is -1.23. The number of carbonyl (C=O) groups is 3. The van der Waals surface area contributed by atoms with Crippen LogP contribution < -0.4 is 10.6 Å². The molecule has 0 aliphatic heterocycles. The Kier molecular flexibility index (Phi) is 5.39. The number of rotatable bonds is 6. The van der Waals surface area contributed by atoms with Gasteiger partial charge in [0.05, 0.1) is 11.3 Å². The quantitative estimate of drug-likeness (QED) is 0.695. The molecular weight excluding hydrogens is 320 g/mol. The highest BCUT2D eigenvalue weighted by Crippen LogP contribution is 2.29. The predicted octanol–water partition coefficient (Wildman–Crippen LogP) is 2.37. The van der Waals surface area contributed by atoms with E-state index in [1.54, 1.807) is 13.0 Å². The lowest BCUT2D eigenvalue weighted by molar-refractivity contribution is -0.131. The lowest BCUT2D eigenvalue weighted by Gasteiger charge is -2.14. The fourth-order valence-electron chi connectivity index (χ4n) is 2.05. The van der Waals surface area contributed by atoms with Gasteiger partial charge < -0.3 is 15.7 Å². The number of benzene rings is 1. The number of anilines is 1. The highest BCUT2D eigenvalue weighted by Gasteiger charge is 2.23. The first-order valence-corrected chi connectivity index (χ1v) is 7.55. The van der Waals surface area contributed by atoms with Crippen molar-refractivity contribution in [2.24, 2.45) is 5.92 Å². The zero-order valence-corrected chi connectivity index (χ0v) is 13.3. The molecule has 1 aromatic rings. The van der Waals surface area contributed by atoms with E-state index in [4.69, 9.17) is 16.7 Å². The highest BCUT2D eigenvalue weighted by molar-refractivity contribution is 6.31. The lowest BCUT2D eigenvalue weighted by Crippen LogP contribution is -2.27. The molecule has 23 heavy (non-hydrogen) atoms. The van der Waals surface area contributed by atoms with Crippen LogP contribution in [-0.2, 0) is 9.59 Å². The Morgan fingerprint density at radius 2 is 2.00 bits per heavy atom. The van der Waals surface area contributed by atoms with E-state index in [0.717, 1.165) is 25.0 Å². The summed E-state index contributed by atoms with van der Waals surface area (Å²) < 4.78 is 0. The summed E-state index contributed by atoms with van der Waals surface area (Å²) in [6.07, 6.45) is 3.84. The van der Waals surface area contributed by atoms with Gasteiger partial charge in [0.2, 0.25) is 5.91 Å². The molecule has 1 saturated carbocycles. The molecule has 1 fully saturated rings. The van der Waals surface area contributed by atoms with Crippen molar-refractivity contribution < 1.29 is 19.5 Å². The van der Waals surface area contributed by atoms with Gasteiger partial charge in [0.25, 0.3) is 5.91 Å². The molecule has 122 valence electrons. The van der Waals surface area contributed by atoms with Gasteiger partial charge >= 0.3 is 5.97 Å². The number of amides is 2. The third-order valence-corrected chi connectivity index (χ3v) is 3.64. The first-order chi connectivity index (χ1) is 10.9. The Morgan fingerprint density at radius 3 is 2.61 bits per heavy atom. The van der Waals surface area contributed by atoms with Crippen LogP contribution in [0.25, 0.3) is 0 Å². The normalized spacial score (nSPS) is 13.8. The second-order valence-corrected chi connectivity index (χ2v) is 5.90. The molecule has 0 saturated heterocycles. The summed E-state index contributed by atoms with van der Waals surface area (Å²) in [5.41, 5.74) is 1.20. The van der Waals surface area contributed by atoms with E-state index in [9.17, 15) is 14.4 Å². The first-order valence-electron chi connectivity index (χ1n) is 7.17. The maximum absolute atomic E-state index is 12.3. The fourth-order valence-corrected chi connectivity index (χ4v) is 2.33. The van der Waals surface area contributed by atoms with Gasteiger partial charge in [-0.25, -0.2) is 4.79 Å². The number of hydrogen-bond donors (Lipinski definition) is 3. The predicted molar refractivity (Wildman–Crippen MR) is 86.7 cm³/mol. The van der Waals surface area contributed by atoms with Crippen LogP contribution in [0.3, 0.4) is 0 Å². The molecule has 1 aliphatic carbocycles. The number of carbonyl (C=O) groups excluding carboxylic acids is 2. The molecule has 0 aromatic heterocycles. The molecule has 3 N–H and O–H groups in total. The van der Waals surface area contributed by atoms with Gasteiger partial charge in [0.1, 0.15) is 0 Å². The summed E-state index contributed by atoms with van der Waals surface area (Å²) in [4.78, 5) is 34.5. The van der Waals surface area contributed by atoms with Crippen LogP contribution in [0.5, 0.6) is 0 Å². The molecule has 1 aromatic carbocycles. The maximum Gasteiger partial charge on any atom is 0.328 e. The number of halogens is 1. The van der Waals surface area contributed by atoms with Crippen molar-refractivity contribution in [2.75, 3.05) is 11.9 Å². The third-order valence-electron chi connectivity index (χ3n) is 3.42. The van der Waals surface area contributed by atoms with Crippen molar-refractivity contribution in [1.82, 2.24) is 5.32 Å². The van der Waals surface area contributed by atoms with Gasteiger partial charge in [-0.2, -0.15) is 0 Å². The van der Waals surface area contributed by atoms with Crippen molar-refractivity contribution >= 4 is 35.1 Å². The third kappa shape index (κ3) is 5.10. The van der Waals surface area contributed by atoms with Crippen LogP contribution in [0.1, 0.15) is 28.8 Å². The molecule has 0 atom stereocenters. The molecule has 1 aliphatic rings. The molecule has 6 nitrogen and oxygen atoms in total. The highest BCUT2D eigenvalue weighted by atomic mass is 35.5. The van der Waals surface area contributed by atoms with Gasteiger partial charge in [-0.15, -0.1) is 0 Å². The summed E-state index contributed by atoms with van der Waals surface area (Å²) in [7, 11) is 0. The Labute approximate surface area is 138 Å². The van der Waals surface area contributed by atoms with Crippen LogP contribution >= 0.6 is 11.6 Å². The van der Waals surface area contributed by atoms with Crippen LogP contribution in [-0.4, -0.2) is 29.4 Å². The van der Waals surface area contributed by atoms with Gasteiger partial charge in [0.15, 0.2) is 0 Å². The van der Waals surface area contributed by atoms with Crippen molar-refractivity contribution in [2.45, 2.75) is 19.8 Å². The molecule has 2 rings (SSSR count). The van der Waals surface area contributed by atoms with Crippen LogP contribution in [0.15, 0.2) is 24.3 Å². The first kappa shape index (κ1) is 17.0. The summed E-state index contributed by atoms with van der Waals surface area (Å²) in [6, 6.07) is 3.10. The number of hydrogen-bond acceptors (Lipinski definition) is 3. The molecule has 0 heterocycles. The van der Waals surface area contributed by atoms with E-state index in [2.05, 4.69) is 10.6 Å². The monoisotopic (exact) mass is 336 g/mol. The average Bonchev–Trinajstić information content (AvgIpc) is 3.29. The largest absolute Gasteiger partial charge is 0.478 e. The number of aliphatic carboxylic acids is 1. The van der Waals surface area contributed by atoms with Crippen molar-refractivity contribution in [3.63, 3.8) is 0 Å². The lowest BCUT2D eigenvalue weighted by atomic mass is 10.1. The number of nitrogens with one attached hydrogen (secondary N) is 2. The topological polar surface area (TPSA) is 95.5 Å². The van der Waals surface area contributed by atoms with E-state index in [-0.39, 0.29) is 11.5 Å². The SMILES string of the molecule is Cc1cc(Cl)cc(C(=O)NCC2CC2)c1NC(=O)/C=C/C(=O)O. The fraction of sp³-hybridized carbons (Fsp3) is 0.312. The van der Waals surface area contributed by atoms with Gasteiger partial charge in [0, 0.05) is 23.7 Å².